The Morgan fingerprint density at radius 1 is 1.18 bits per heavy atom. The SMILES string of the molecule is CCc1ccc(C(C)CC(O)C(N)CC)cc1. The third-order valence-corrected chi connectivity index (χ3v) is 3.52. The van der Waals surface area contributed by atoms with Gasteiger partial charge in [0.05, 0.1) is 6.10 Å². The van der Waals surface area contributed by atoms with Crippen LogP contribution in [0, 0.1) is 0 Å². The lowest BCUT2D eigenvalue weighted by atomic mass is 9.91. The molecule has 0 aliphatic carbocycles. The van der Waals surface area contributed by atoms with Gasteiger partial charge in [-0.25, -0.2) is 0 Å². The van der Waals surface area contributed by atoms with E-state index in [2.05, 4.69) is 38.1 Å². The maximum atomic E-state index is 9.93. The fourth-order valence-corrected chi connectivity index (χ4v) is 2.03. The largest absolute Gasteiger partial charge is 0.391 e. The summed E-state index contributed by atoms with van der Waals surface area (Å²) in [5.74, 6) is 0.355. The third-order valence-electron chi connectivity index (χ3n) is 3.52. The maximum Gasteiger partial charge on any atom is 0.0696 e. The molecule has 0 amide bonds. The summed E-state index contributed by atoms with van der Waals surface area (Å²) in [6.07, 6.45) is 2.22. The fourth-order valence-electron chi connectivity index (χ4n) is 2.03. The zero-order valence-corrected chi connectivity index (χ0v) is 11.2. The molecule has 0 aromatic heterocycles. The van der Waals surface area contributed by atoms with Crippen molar-refractivity contribution in [2.75, 3.05) is 0 Å². The highest BCUT2D eigenvalue weighted by atomic mass is 16.3. The lowest BCUT2D eigenvalue weighted by Crippen LogP contribution is -2.34. The fraction of sp³-hybridized carbons (Fsp3) is 0.600. The van der Waals surface area contributed by atoms with E-state index in [1.165, 1.54) is 11.1 Å². The Labute approximate surface area is 105 Å². The second-order valence-corrected chi connectivity index (χ2v) is 4.87. The van der Waals surface area contributed by atoms with Gasteiger partial charge in [0.15, 0.2) is 0 Å². The number of benzene rings is 1. The van der Waals surface area contributed by atoms with Crippen LogP contribution in [0.1, 0.15) is 50.7 Å². The molecule has 0 radical (unpaired) electrons. The second kappa shape index (κ2) is 6.77. The van der Waals surface area contributed by atoms with E-state index >= 15 is 0 Å². The predicted molar refractivity (Wildman–Crippen MR) is 73.1 cm³/mol. The summed E-state index contributed by atoms with van der Waals surface area (Å²) in [6.45, 7) is 6.31. The van der Waals surface area contributed by atoms with Crippen molar-refractivity contribution < 1.29 is 5.11 Å². The van der Waals surface area contributed by atoms with Crippen LogP contribution in [0.25, 0.3) is 0 Å². The van der Waals surface area contributed by atoms with Gasteiger partial charge in [0.25, 0.3) is 0 Å². The summed E-state index contributed by atoms with van der Waals surface area (Å²) in [5.41, 5.74) is 8.47. The van der Waals surface area contributed by atoms with Gasteiger partial charge >= 0.3 is 0 Å². The summed E-state index contributed by atoms with van der Waals surface area (Å²) in [7, 11) is 0. The van der Waals surface area contributed by atoms with E-state index in [1.807, 2.05) is 6.92 Å². The third kappa shape index (κ3) is 4.14. The van der Waals surface area contributed by atoms with Crippen LogP contribution in [0.3, 0.4) is 0 Å². The first kappa shape index (κ1) is 14.2. The van der Waals surface area contributed by atoms with Crippen LogP contribution < -0.4 is 5.73 Å². The van der Waals surface area contributed by atoms with Gasteiger partial charge in [-0.1, -0.05) is 45.0 Å². The normalized spacial score (nSPS) is 16.5. The summed E-state index contributed by atoms with van der Waals surface area (Å²) in [6, 6.07) is 8.55. The zero-order chi connectivity index (χ0) is 12.8. The number of hydrogen-bond acceptors (Lipinski definition) is 2. The highest BCUT2D eigenvalue weighted by Gasteiger charge is 2.17. The second-order valence-electron chi connectivity index (χ2n) is 4.87. The van der Waals surface area contributed by atoms with Crippen LogP contribution >= 0.6 is 0 Å². The Hall–Kier alpha value is -0.860. The molecule has 1 aromatic carbocycles. The van der Waals surface area contributed by atoms with Crippen molar-refractivity contribution in [1.82, 2.24) is 0 Å². The van der Waals surface area contributed by atoms with Crippen LogP contribution in [-0.2, 0) is 6.42 Å². The first-order chi connectivity index (χ1) is 8.08. The minimum Gasteiger partial charge on any atom is -0.391 e. The van der Waals surface area contributed by atoms with Crippen LogP contribution in [0.15, 0.2) is 24.3 Å². The average molecular weight is 235 g/mol. The molecule has 0 spiro atoms. The topological polar surface area (TPSA) is 46.2 Å². The summed E-state index contributed by atoms with van der Waals surface area (Å²) >= 11 is 0. The van der Waals surface area contributed by atoms with Gasteiger partial charge in [-0.2, -0.15) is 0 Å². The molecule has 3 unspecified atom stereocenters. The van der Waals surface area contributed by atoms with Crippen molar-refractivity contribution in [3.8, 4) is 0 Å². The van der Waals surface area contributed by atoms with Crippen molar-refractivity contribution in [3.05, 3.63) is 35.4 Å². The molecule has 0 heterocycles. The number of nitrogens with two attached hydrogens (primary N) is 1. The molecule has 0 aliphatic heterocycles. The molecule has 1 rings (SSSR count). The number of aliphatic hydroxyl groups excluding tert-OH is 1. The zero-order valence-electron chi connectivity index (χ0n) is 11.2. The van der Waals surface area contributed by atoms with Crippen LogP contribution in [-0.4, -0.2) is 17.3 Å². The molecule has 1 aromatic rings. The van der Waals surface area contributed by atoms with Crippen LogP contribution in [0.5, 0.6) is 0 Å². The van der Waals surface area contributed by atoms with E-state index in [-0.39, 0.29) is 6.04 Å². The molecule has 2 nitrogen and oxygen atoms in total. The highest BCUT2D eigenvalue weighted by Crippen LogP contribution is 2.22. The highest BCUT2D eigenvalue weighted by molar-refractivity contribution is 5.25. The van der Waals surface area contributed by atoms with Gasteiger partial charge in [0.2, 0.25) is 0 Å². The Morgan fingerprint density at radius 3 is 2.24 bits per heavy atom. The first-order valence-corrected chi connectivity index (χ1v) is 6.60. The molecule has 0 bridgehead atoms. The molecule has 0 fully saturated rings. The van der Waals surface area contributed by atoms with E-state index in [0.29, 0.717) is 5.92 Å². The van der Waals surface area contributed by atoms with Crippen molar-refractivity contribution in [2.45, 2.75) is 58.1 Å². The Kier molecular flexibility index (Phi) is 5.66. The minimum atomic E-state index is -0.402. The molecule has 96 valence electrons. The van der Waals surface area contributed by atoms with Gasteiger partial charge in [-0.3, -0.25) is 0 Å². The molecular weight excluding hydrogens is 210 g/mol. The lowest BCUT2D eigenvalue weighted by molar-refractivity contribution is 0.126. The molecular formula is C15H25NO. The quantitative estimate of drug-likeness (QED) is 0.796. The van der Waals surface area contributed by atoms with Crippen LogP contribution in [0.4, 0.5) is 0 Å². The molecule has 3 atom stereocenters. The molecule has 3 N–H and O–H groups in total. The monoisotopic (exact) mass is 235 g/mol. The Bertz CT molecular complexity index is 320. The van der Waals surface area contributed by atoms with Crippen molar-refractivity contribution >= 4 is 0 Å². The van der Waals surface area contributed by atoms with Crippen molar-refractivity contribution in [2.24, 2.45) is 5.73 Å². The molecule has 0 aliphatic rings. The van der Waals surface area contributed by atoms with E-state index in [1.54, 1.807) is 0 Å². The van der Waals surface area contributed by atoms with Gasteiger partial charge in [0.1, 0.15) is 0 Å². The molecule has 17 heavy (non-hydrogen) atoms. The maximum absolute atomic E-state index is 9.93. The minimum absolute atomic E-state index is 0.104. The van der Waals surface area contributed by atoms with Crippen LogP contribution in [0.2, 0.25) is 0 Å². The number of hydrogen-bond donors (Lipinski definition) is 2. The molecule has 0 saturated carbocycles. The van der Waals surface area contributed by atoms with Crippen molar-refractivity contribution in [1.29, 1.82) is 0 Å². The molecule has 2 heteroatoms. The summed E-state index contributed by atoms with van der Waals surface area (Å²) in [4.78, 5) is 0. The predicted octanol–water partition coefficient (Wildman–Crippen LogP) is 2.84. The average Bonchev–Trinajstić information content (AvgIpc) is 2.37. The van der Waals surface area contributed by atoms with E-state index in [9.17, 15) is 5.11 Å². The van der Waals surface area contributed by atoms with E-state index in [4.69, 9.17) is 5.73 Å². The molecule has 0 saturated heterocycles. The van der Waals surface area contributed by atoms with Gasteiger partial charge < -0.3 is 10.8 Å². The first-order valence-electron chi connectivity index (χ1n) is 6.60. The Balaban J connectivity index is 2.59. The standard InChI is InChI=1S/C15H25NO/c1-4-12-6-8-13(9-7-12)11(3)10-15(17)14(16)5-2/h6-9,11,14-15,17H,4-5,10,16H2,1-3H3. The van der Waals surface area contributed by atoms with Crippen molar-refractivity contribution in [3.63, 3.8) is 0 Å². The lowest BCUT2D eigenvalue weighted by Gasteiger charge is -2.21. The number of aliphatic hydroxyl groups is 1. The Morgan fingerprint density at radius 2 is 1.76 bits per heavy atom. The number of rotatable bonds is 6. The van der Waals surface area contributed by atoms with Gasteiger partial charge in [-0.05, 0) is 36.3 Å². The number of aryl methyl sites for hydroxylation is 1. The summed E-state index contributed by atoms with van der Waals surface area (Å²) in [5, 5.41) is 9.93. The van der Waals surface area contributed by atoms with E-state index < -0.39 is 6.10 Å². The van der Waals surface area contributed by atoms with E-state index in [0.717, 1.165) is 19.3 Å². The summed E-state index contributed by atoms with van der Waals surface area (Å²) < 4.78 is 0. The van der Waals surface area contributed by atoms with Gasteiger partial charge in [-0.15, -0.1) is 0 Å². The smallest absolute Gasteiger partial charge is 0.0696 e. The van der Waals surface area contributed by atoms with Gasteiger partial charge in [0, 0.05) is 6.04 Å².